The number of rotatable bonds is 4. The summed E-state index contributed by atoms with van der Waals surface area (Å²) in [6.45, 7) is 0. The molecule has 18 heavy (non-hydrogen) atoms. The third-order valence-electron chi connectivity index (χ3n) is 3.76. The number of hydrogen-bond acceptors (Lipinski definition) is 1. The van der Waals surface area contributed by atoms with Crippen LogP contribution >= 0.6 is 0 Å². The van der Waals surface area contributed by atoms with E-state index in [1.54, 1.807) is 0 Å². The molecular formula is C14H16F2O2. The first kappa shape index (κ1) is 13.0. The van der Waals surface area contributed by atoms with Crippen molar-refractivity contribution in [1.29, 1.82) is 0 Å². The Morgan fingerprint density at radius 3 is 2.61 bits per heavy atom. The molecule has 1 aliphatic rings. The Bertz CT molecular complexity index is 439. The maximum Gasteiger partial charge on any atom is 0.307 e. The van der Waals surface area contributed by atoms with Crippen molar-refractivity contribution in [3.8, 4) is 0 Å². The van der Waals surface area contributed by atoms with Crippen LogP contribution in [0, 0.1) is 23.5 Å². The number of carboxylic acids is 1. The highest BCUT2D eigenvalue weighted by molar-refractivity contribution is 5.70. The molecule has 0 aromatic heterocycles. The van der Waals surface area contributed by atoms with E-state index in [0.29, 0.717) is 0 Å². The van der Waals surface area contributed by atoms with E-state index in [9.17, 15) is 18.7 Å². The molecule has 1 saturated carbocycles. The van der Waals surface area contributed by atoms with Gasteiger partial charge in [-0.1, -0.05) is 25.0 Å². The molecule has 0 amide bonds. The van der Waals surface area contributed by atoms with E-state index in [1.165, 1.54) is 12.1 Å². The van der Waals surface area contributed by atoms with Crippen molar-refractivity contribution in [1.82, 2.24) is 0 Å². The summed E-state index contributed by atoms with van der Waals surface area (Å²) in [5.74, 6) is -3.26. The fourth-order valence-electron chi connectivity index (χ4n) is 2.76. The van der Waals surface area contributed by atoms with E-state index in [2.05, 4.69) is 0 Å². The fraction of sp³-hybridized carbons (Fsp3) is 0.500. The molecular weight excluding hydrogens is 238 g/mol. The summed E-state index contributed by atoms with van der Waals surface area (Å²) in [6, 6.07) is 3.93. The van der Waals surface area contributed by atoms with Crippen molar-refractivity contribution in [2.45, 2.75) is 32.1 Å². The Morgan fingerprint density at radius 1 is 1.33 bits per heavy atom. The summed E-state index contributed by atoms with van der Waals surface area (Å²) in [5.41, 5.74) is 0.161. The summed E-state index contributed by atoms with van der Waals surface area (Å²) < 4.78 is 26.6. The molecule has 2 nitrogen and oxygen atoms in total. The molecule has 1 unspecified atom stereocenters. The van der Waals surface area contributed by atoms with Crippen LogP contribution in [0.25, 0.3) is 0 Å². The first-order chi connectivity index (χ1) is 8.59. The number of halogens is 2. The lowest BCUT2D eigenvalue weighted by Crippen LogP contribution is -2.24. The van der Waals surface area contributed by atoms with Crippen LogP contribution < -0.4 is 0 Å². The van der Waals surface area contributed by atoms with Gasteiger partial charge in [0.1, 0.15) is 0 Å². The molecule has 0 aliphatic heterocycles. The standard InChI is InChI=1S/C14H16F2O2/c15-12-7-3-6-10(13(12)16)8-11(14(17)18)9-4-1-2-5-9/h3,6-7,9,11H,1-2,4-5,8H2,(H,17,18). The minimum Gasteiger partial charge on any atom is -0.481 e. The molecule has 0 heterocycles. The second-order valence-electron chi connectivity index (χ2n) is 4.91. The number of hydrogen-bond donors (Lipinski definition) is 1. The zero-order chi connectivity index (χ0) is 13.1. The highest BCUT2D eigenvalue weighted by atomic mass is 19.2. The van der Waals surface area contributed by atoms with Gasteiger partial charge in [-0.2, -0.15) is 0 Å². The lowest BCUT2D eigenvalue weighted by atomic mass is 9.85. The smallest absolute Gasteiger partial charge is 0.307 e. The average Bonchev–Trinajstić information content (AvgIpc) is 2.84. The van der Waals surface area contributed by atoms with Crippen LogP contribution in [0.2, 0.25) is 0 Å². The molecule has 4 heteroatoms. The molecule has 1 atom stereocenters. The van der Waals surface area contributed by atoms with Gasteiger partial charge in [-0.15, -0.1) is 0 Å². The van der Waals surface area contributed by atoms with Gasteiger partial charge in [-0.05, 0) is 36.8 Å². The minimum absolute atomic E-state index is 0.0730. The molecule has 1 aromatic rings. The van der Waals surface area contributed by atoms with Gasteiger partial charge in [-0.25, -0.2) is 8.78 Å². The number of carboxylic acid groups (broad SMARTS) is 1. The monoisotopic (exact) mass is 254 g/mol. The Hall–Kier alpha value is -1.45. The Labute approximate surface area is 105 Å². The second kappa shape index (κ2) is 5.46. The third kappa shape index (κ3) is 2.68. The van der Waals surface area contributed by atoms with Crippen molar-refractivity contribution in [3.63, 3.8) is 0 Å². The predicted octanol–water partition coefficient (Wildman–Crippen LogP) is 3.40. The van der Waals surface area contributed by atoms with Crippen LogP contribution in [0.5, 0.6) is 0 Å². The quantitative estimate of drug-likeness (QED) is 0.894. The van der Waals surface area contributed by atoms with Crippen molar-refractivity contribution in [3.05, 3.63) is 35.4 Å². The molecule has 0 bridgehead atoms. The van der Waals surface area contributed by atoms with Crippen molar-refractivity contribution in [2.75, 3.05) is 0 Å². The van der Waals surface area contributed by atoms with Crippen LogP contribution in [-0.2, 0) is 11.2 Å². The van der Waals surface area contributed by atoms with Gasteiger partial charge in [0.2, 0.25) is 0 Å². The lowest BCUT2D eigenvalue weighted by molar-refractivity contribution is -0.143. The van der Waals surface area contributed by atoms with E-state index < -0.39 is 23.5 Å². The highest BCUT2D eigenvalue weighted by Gasteiger charge is 2.31. The second-order valence-corrected chi connectivity index (χ2v) is 4.91. The van der Waals surface area contributed by atoms with E-state index in [0.717, 1.165) is 31.7 Å². The van der Waals surface area contributed by atoms with E-state index in [4.69, 9.17) is 0 Å². The number of carbonyl (C=O) groups is 1. The van der Waals surface area contributed by atoms with Crippen LogP contribution in [-0.4, -0.2) is 11.1 Å². The van der Waals surface area contributed by atoms with E-state index >= 15 is 0 Å². The number of benzene rings is 1. The maximum absolute atomic E-state index is 13.5. The van der Waals surface area contributed by atoms with Gasteiger partial charge in [-0.3, -0.25) is 4.79 Å². The molecule has 0 saturated heterocycles. The van der Waals surface area contributed by atoms with Crippen LogP contribution in [0.15, 0.2) is 18.2 Å². The van der Waals surface area contributed by atoms with Gasteiger partial charge in [0, 0.05) is 0 Å². The first-order valence-electron chi connectivity index (χ1n) is 6.25. The van der Waals surface area contributed by atoms with Gasteiger partial charge < -0.3 is 5.11 Å². The molecule has 2 rings (SSSR count). The van der Waals surface area contributed by atoms with Gasteiger partial charge in [0.15, 0.2) is 11.6 Å². The third-order valence-corrected chi connectivity index (χ3v) is 3.76. The minimum atomic E-state index is -0.915. The molecule has 1 aliphatic carbocycles. The Kier molecular flexibility index (Phi) is 3.94. The zero-order valence-electron chi connectivity index (χ0n) is 10.0. The molecule has 0 radical (unpaired) electrons. The molecule has 1 fully saturated rings. The summed E-state index contributed by atoms with van der Waals surface area (Å²) in [4.78, 5) is 11.3. The van der Waals surface area contributed by atoms with Gasteiger partial charge in [0.05, 0.1) is 5.92 Å². The predicted molar refractivity (Wildman–Crippen MR) is 63.1 cm³/mol. The fourth-order valence-corrected chi connectivity index (χ4v) is 2.76. The van der Waals surface area contributed by atoms with E-state index in [1.807, 2.05) is 0 Å². The normalized spacial score (nSPS) is 17.9. The van der Waals surface area contributed by atoms with Crippen LogP contribution in [0.3, 0.4) is 0 Å². The first-order valence-corrected chi connectivity index (χ1v) is 6.25. The van der Waals surface area contributed by atoms with Crippen molar-refractivity contribution in [2.24, 2.45) is 11.8 Å². The Morgan fingerprint density at radius 2 is 2.00 bits per heavy atom. The molecule has 0 spiro atoms. The van der Waals surface area contributed by atoms with E-state index in [-0.39, 0.29) is 17.9 Å². The summed E-state index contributed by atoms with van der Waals surface area (Å²) >= 11 is 0. The van der Waals surface area contributed by atoms with Crippen molar-refractivity contribution >= 4 is 5.97 Å². The Balaban J connectivity index is 2.18. The topological polar surface area (TPSA) is 37.3 Å². The summed E-state index contributed by atoms with van der Waals surface area (Å²) in [5, 5.41) is 9.24. The molecule has 1 N–H and O–H groups in total. The summed E-state index contributed by atoms with van der Waals surface area (Å²) in [7, 11) is 0. The largest absolute Gasteiger partial charge is 0.481 e. The zero-order valence-corrected chi connectivity index (χ0v) is 10.0. The van der Waals surface area contributed by atoms with Gasteiger partial charge >= 0.3 is 5.97 Å². The van der Waals surface area contributed by atoms with Crippen molar-refractivity contribution < 1.29 is 18.7 Å². The summed E-state index contributed by atoms with van der Waals surface area (Å²) in [6.07, 6.45) is 3.87. The number of aliphatic carboxylic acids is 1. The van der Waals surface area contributed by atoms with Crippen LogP contribution in [0.4, 0.5) is 8.78 Å². The average molecular weight is 254 g/mol. The highest BCUT2D eigenvalue weighted by Crippen LogP contribution is 2.34. The van der Waals surface area contributed by atoms with Gasteiger partial charge in [0.25, 0.3) is 0 Å². The lowest BCUT2D eigenvalue weighted by Gasteiger charge is -2.19. The molecule has 1 aromatic carbocycles. The molecule has 98 valence electrons. The SMILES string of the molecule is O=C(O)C(Cc1cccc(F)c1F)C1CCCC1. The maximum atomic E-state index is 13.5. The van der Waals surface area contributed by atoms with Crippen LogP contribution in [0.1, 0.15) is 31.2 Å².